The first kappa shape index (κ1) is 15.1. The number of rotatable bonds is 5. The Kier molecular flexibility index (Phi) is 5.02. The second-order valence-corrected chi connectivity index (χ2v) is 8.82. The van der Waals surface area contributed by atoms with Crippen LogP contribution in [-0.2, 0) is 4.79 Å². The molecule has 1 fully saturated rings. The molecule has 2 nitrogen and oxygen atoms in total. The number of hydrogen-bond donors (Lipinski definition) is 1. The summed E-state index contributed by atoms with van der Waals surface area (Å²) in [6.07, 6.45) is 0. The molecule has 1 saturated carbocycles. The highest BCUT2D eigenvalue weighted by atomic mass is 79.9. The molecule has 1 aliphatic rings. The summed E-state index contributed by atoms with van der Waals surface area (Å²) < 4.78 is -0.0186. The molecular formula is C10H14Br2Cl2O2. The fourth-order valence-electron chi connectivity index (χ4n) is 2.51. The van der Waals surface area contributed by atoms with Gasteiger partial charge >= 0.3 is 5.97 Å². The van der Waals surface area contributed by atoms with E-state index < -0.39 is 5.97 Å². The minimum atomic E-state index is -0.751. The Hall–Kier alpha value is 1.01. The lowest BCUT2D eigenvalue weighted by Gasteiger charge is -2.23. The van der Waals surface area contributed by atoms with Gasteiger partial charge in [0, 0.05) is 11.8 Å². The normalized spacial score (nSPS) is 31.2. The van der Waals surface area contributed by atoms with Crippen molar-refractivity contribution in [3.63, 3.8) is 0 Å². The first-order valence-electron chi connectivity index (χ1n) is 4.96. The van der Waals surface area contributed by atoms with E-state index in [1.165, 1.54) is 0 Å². The monoisotopic (exact) mass is 394 g/mol. The third-order valence-corrected chi connectivity index (χ3v) is 5.60. The van der Waals surface area contributed by atoms with Crippen LogP contribution in [0.1, 0.15) is 13.8 Å². The van der Waals surface area contributed by atoms with E-state index in [2.05, 4.69) is 31.9 Å². The topological polar surface area (TPSA) is 37.3 Å². The van der Waals surface area contributed by atoms with Crippen molar-refractivity contribution in [3.05, 3.63) is 0 Å². The summed E-state index contributed by atoms with van der Waals surface area (Å²) in [5.41, 5.74) is -0.213. The minimum absolute atomic E-state index is 0.00951. The van der Waals surface area contributed by atoms with Crippen LogP contribution in [0.15, 0.2) is 0 Å². The molecule has 0 saturated heterocycles. The number of carbonyl (C=O) groups is 1. The minimum Gasteiger partial charge on any atom is -0.481 e. The molecule has 16 heavy (non-hydrogen) atoms. The number of hydrogen-bond acceptors (Lipinski definition) is 1. The van der Waals surface area contributed by atoms with Gasteiger partial charge in [-0.05, 0) is 11.3 Å². The van der Waals surface area contributed by atoms with Crippen LogP contribution in [0.25, 0.3) is 0 Å². The first-order valence-corrected chi connectivity index (χ1v) is 7.76. The van der Waals surface area contributed by atoms with Crippen molar-refractivity contribution in [2.75, 3.05) is 5.88 Å². The lowest BCUT2D eigenvalue weighted by Crippen LogP contribution is -2.27. The molecule has 0 bridgehead atoms. The standard InChI is InChI=1S/C10H14Br2Cl2O2/c1-10(2)6(7(10)9(15)16)5(8(11)12)4(14)3-13/h4-8H,3H2,1-2H3,(H,15,16)/t4?,5?,6-,7+/m1/s1. The van der Waals surface area contributed by atoms with Gasteiger partial charge in [0.1, 0.15) is 0 Å². The average Bonchev–Trinajstić information content (AvgIpc) is 2.68. The van der Waals surface area contributed by atoms with Crippen molar-refractivity contribution in [1.82, 2.24) is 0 Å². The maximum Gasteiger partial charge on any atom is 0.307 e. The van der Waals surface area contributed by atoms with Crippen molar-refractivity contribution in [3.8, 4) is 0 Å². The smallest absolute Gasteiger partial charge is 0.307 e. The van der Waals surface area contributed by atoms with Gasteiger partial charge in [-0.25, -0.2) is 0 Å². The van der Waals surface area contributed by atoms with E-state index in [0.717, 1.165) is 0 Å². The van der Waals surface area contributed by atoms with Crippen LogP contribution >= 0.6 is 55.1 Å². The lowest BCUT2D eigenvalue weighted by atomic mass is 9.96. The molecule has 0 aromatic rings. The van der Waals surface area contributed by atoms with Gasteiger partial charge in [0.25, 0.3) is 0 Å². The summed E-state index contributed by atoms with van der Waals surface area (Å²) in [6.45, 7) is 3.92. The Balaban J connectivity index is 2.87. The van der Waals surface area contributed by atoms with Gasteiger partial charge in [0.15, 0.2) is 0 Å². The molecule has 1 N–H and O–H groups in total. The molecular weight excluding hydrogens is 383 g/mol. The Morgan fingerprint density at radius 1 is 1.50 bits per heavy atom. The largest absolute Gasteiger partial charge is 0.481 e. The van der Waals surface area contributed by atoms with E-state index in [9.17, 15) is 4.79 Å². The van der Waals surface area contributed by atoms with E-state index in [-0.39, 0.29) is 32.3 Å². The highest BCUT2D eigenvalue weighted by Crippen LogP contribution is 2.64. The maximum atomic E-state index is 11.1. The van der Waals surface area contributed by atoms with Crippen LogP contribution in [0.5, 0.6) is 0 Å². The summed E-state index contributed by atoms with van der Waals surface area (Å²) in [5.74, 6) is -0.706. The summed E-state index contributed by atoms with van der Waals surface area (Å²) >= 11 is 18.8. The van der Waals surface area contributed by atoms with Gasteiger partial charge in [0.05, 0.1) is 15.0 Å². The molecule has 6 heteroatoms. The van der Waals surface area contributed by atoms with Crippen LogP contribution in [0.2, 0.25) is 0 Å². The molecule has 0 aromatic carbocycles. The number of halogens is 4. The number of carboxylic acids is 1. The van der Waals surface area contributed by atoms with Gasteiger partial charge in [0.2, 0.25) is 0 Å². The third-order valence-electron chi connectivity index (χ3n) is 3.45. The molecule has 2 unspecified atom stereocenters. The average molecular weight is 397 g/mol. The van der Waals surface area contributed by atoms with Gasteiger partial charge in [-0.2, -0.15) is 0 Å². The Morgan fingerprint density at radius 3 is 2.25 bits per heavy atom. The van der Waals surface area contributed by atoms with Crippen molar-refractivity contribution >= 4 is 61.0 Å². The van der Waals surface area contributed by atoms with Crippen molar-refractivity contribution in [2.45, 2.75) is 23.0 Å². The van der Waals surface area contributed by atoms with Gasteiger partial charge < -0.3 is 5.11 Å². The molecule has 94 valence electrons. The maximum absolute atomic E-state index is 11.1. The van der Waals surface area contributed by atoms with E-state index in [1.807, 2.05) is 13.8 Å². The zero-order chi connectivity index (χ0) is 12.7. The van der Waals surface area contributed by atoms with Gasteiger partial charge in [-0.1, -0.05) is 45.7 Å². The van der Waals surface area contributed by atoms with E-state index in [4.69, 9.17) is 28.3 Å². The van der Waals surface area contributed by atoms with Crippen LogP contribution in [0.4, 0.5) is 0 Å². The van der Waals surface area contributed by atoms with E-state index in [0.29, 0.717) is 5.88 Å². The van der Waals surface area contributed by atoms with Crippen LogP contribution in [0, 0.1) is 23.2 Å². The van der Waals surface area contributed by atoms with Crippen molar-refractivity contribution < 1.29 is 9.90 Å². The number of carboxylic acid groups (broad SMARTS) is 1. The molecule has 4 atom stereocenters. The molecule has 0 spiro atoms. The van der Waals surface area contributed by atoms with Crippen molar-refractivity contribution in [2.24, 2.45) is 23.2 Å². The van der Waals surface area contributed by atoms with E-state index >= 15 is 0 Å². The predicted octanol–water partition coefficient (Wildman–Crippen LogP) is 3.92. The summed E-state index contributed by atoms with van der Waals surface area (Å²) in [6, 6.07) is 0. The second kappa shape index (κ2) is 5.33. The van der Waals surface area contributed by atoms with Gasteiger partial charge in [-0.15, -0.1) is 23.2 Å². The first-order chi connectivity index (χ1) is 7.25. The SMILES string of the molecule is CC1(C)[C@H](C(=O)O)[C@H]1C(C(Br)Br)C(Cl)CCl. The van der Waals surface area contributed by atoms with Crippen molar-refractivity contribution in [1.29, 1.82) is 0 Å². The molecule has 1 aliphatic carbocycles. The zero-order valence-corrected chi connectivity index (χ0v) is 13.6. The molecule has 0 heterocycles. The quantitative estimate of drug-likeness (QED) is 0.715. The molecule has 0 aromatic heterocycles. The van der Waals surface area contributed by atoms with Gasteiger partial charge in [-0.3, -0.25) is 4.79 Å². The Morgan fingerprint density at radius 2 is 2.00 bits per heavy atom. The second-order valence-electron chi connectivity index (χ2n) is 4.75. The summed E-state index contributed by atoms with van der Waals surface area (Å²) in [5, 5.41) is 8.90. The molecule has 0 amide bonds. The van der Waals surface area contributed by atoms with Crippen LogP contribution in [-0.4, -0.2) is 26.1 Å². The zero-order valence-electron chi connectivity index (χ0n) is 8.96. The molecule has 1 rings (SSSR count). The Bertz CT molecular complexity index is 284. The molecule has 0 radical (unpaired) electrons. The number of aliphatic carboxylic acids is 1. The third kappa shape index (κ3) is 2.70. The molecule has 0 aliphatic heterocycles. The fourth-order valence-corrected chi connectivity index (χ4v) is 4.76. The summed E-state index contributed by atoms with van der Waals surface area (Å²) in [4.78, 5) is 11.1. The summed E-state index contributed by atoms with van der Waals surface area (Å²) in [7, 11) is 0. The highest BCUT2D eigenvalue weighted by molar-refractivity contribution is 9.24. The highest BCUT2D eigenvalue weighted by Gasteiger charge is 2.66. The predicted molar refractivity (Wildman–Crippen MR) is 73.9 cm³/mol. The van der Waals surface area contributed by atoms with E-state index in [1.54, 1.807) is 0 Å². The van der Waals surface area contributed by atoms with Crippen LogP contribution < -0.4 is 0 Å². The fraction of sp³-hybridized carbons (Fsp3) is 0.900. The van der Waals surface area contributed by atoms with Crippen LogP contribution in [0.3, 0.4) is 0 Å². The number of alkyl halides is 4. The Labute approximate surface area is 122 Å². The lowest BCUT2D eigenvalue weighted by molar-refractivity contribution is -0.139.